The van der Waals surface area contributed by atoms with Gasteiger partial charge in [-0.2, -0.15) is 13.2 Å². The molecule has 0 aliphatic heterocycles. The molecule has 0 aliphatic carbocycles. The van der Waals surface area contributed by atoms with Crippen LogP contribution in [0.5, 0.6) is 0 Å². The number of aromatic nitrogens is 3. The Balaban J connectivity index is 1.95. The summed E-state index contributed by atoms with van der Waals surface area (Å²) in [5, 5.41) is 18.3. The van der Waals surface area contributed by atoms with E-state index < -0.39 is 35.3 Å². The molecule has 0 spiro atoms. The molecule has 0 aliphatic rings. The van der Waals surface area contributed by atoms with E-state index in [0.717, 1.165) is 16.7 Å². The lowest BCUT2D eigenvalue weighted by Crippen LogP contribution is -2.28. The van der Waals surface area contributed by atoms with Gasteiger partial charge in [0.05, 0.1) is 18.2 Å². The molecule has 0 bridgehead atoms. The lowest BCUT2D eigenvalue weighted by Gasteiger charge is -2.19. The van der Waals surface area contributed by atoms with Crippen LogP contribution >= 0.6 is 11.3 Å². The van der Waals surface area contributed by atoms with Crippen molar-refractivity contribution in [2.24, 2.45) is 0 Å². The highest BCUT2D eigenvalue weighted by Gasteiger charge is 2.34. The first-order chi connectivity index (χ1) is 19.0. The largest absolute Gasteiger partial charge is 0.434 e. The number of aliphatic hydroxyl groups excluding tert-OH is 1. The van der Waals surface area contributed by atoms with Gasteiger partial charge in [0.1, 0.15) is 16.4 Å². The van der Waals surface area contributed by atoms with Crippen LogP contribution in [0, 0.1) is 0 Å². The Bertz CT molecular complexity index is 1650. The molecule has 0 saturated heterocycles. The molecular formula is C26H25F3N6O4S. The van der Waals surface area contributed by atoms with Crippen LogP contribution in [0.3, 0.4) is 0 Å². The second-order valence-corrected chi connectivity index (χ2v) is 9.62. The second-order valence-electron chi connectivity index (χ2n) is 8.76. The third-order valence-electron chi connectivity index (χ3n) is 6.06. The standard InChI is InChI=1S/C26H25F3N6O4S/c1-4-31-25(39)34-21-8-15(24-33-20(12-40-24)26(27,28)29)17(9-32-21)14-5-6-19-16(7-14)22(37)18(23(38)30-3)10-35(19)13(2)11-36/h5-10,12-13,36H,4,11H2,1-3H3,(H,30,38)(H2,31,32,34,39)/t13-/m0/s1. The van der Waals surface area contributed by atoms with Gasteiger partial charge in [0.15, 0.2) is 5.69 Å². The van der Waals surface area contributed by atoms with Gasteiger partial charge in [-0.05, 0) is 37.6 Å². The summed E-state index contributed by atoms with van der Waals surface area (Å²) in [7, 11) is 1.39. The molecule has 210 valence electrons. The van der Waals surface area contributed by atoms with Crippen molar-refractivity contribution in [1.82, 2.24) is 25.2 Å². The molecule has 4 aromatic rings. The molecule has 3 amide bonds. The SMILES string of the molecule is CCNC(=O)Nc1cc(-c2nc(C(F)(F)F)cs2)c(-c2ccc3c(c2)c(=O)c(C(=O)NC)cn3[C@@H](C)CO)cn1. The maximum absolute atomic E-state index is 13.3. The first kappa shape index (κ1) is 28.7. The number of amides is 3. The molecule has 14 heteroatoms. The summed E-state index contributed by atoms with van der Waals surface area (Å²) in [4.78, 5) is 45.8. The van der Waals surface area contributed by atoms with Crippen LogP contribution in [0.2, 0.25) is 0 Å². The number of carbonyl (C=O) groups excluding carboxylic acids is 2. The van der Waals surface area contributed by atoms with E-state index in [1.165, 1.54) is 31.6 Å². The summed E-state index contributed by atoms with van der Waals surface area (Å²) in [5.41, 5.74) is -0.315. The normalized spacial score (nSPS) is 12.3. The predicted octanol–water partition coefficient (Wildman–Crippen LogP) is 4.26. The summed E-state index contributed by atoms with van der Waals surface area (Å²) in [6.45, 7) is 3.53. The van der Waals surface area contributed by atoms with Gasteiger partial charge >= 0.3 is 12.2 Å². The first-order valence-electron chi connectivity index (χ1n) is 12.1. The fourth-order valence-electron chi connectivity index (χ4n) is 4.05. The highest BCUT2D eigenvalue weighted by atomic mass is 32.1. The number of hydrogen-bond donors (Lipinski definition) is 4. The number of alkyl halides is 3. The number of thiazole rings is 1. The lowest BCUT2D eigenvalue weighted by atomic mass is 9.99. The molecule has 3 aromatic heterocycles. The first-order valence-corrected chi connectivity index (χ1v) is 13.0. The van der Waals surface area contributed by atoms with Crippen molar-refractivity contribution in [1.29, 1.82) is 0 Å². The zero-order chi connectivity index (χ0) is 29.2. The van der Waals surface area contributed by atoms with E-state index in [1.54, 1.807) is 30.5 Å². The van der Waals surface area contributed by atoms with E-state index in [9.17, 15) is 32.7 Å². The molecular weight excluding hydrogens is 549 g/mol. The number of fused-ring (bicyclic) bond motifs is 1. The van der Waals surface area contributed by atoms with Gasteiger partial charge in [0, 0.05) is 47.9 Å². The van der Waals surface area contributed by atoms with Gasteiger partial charge in [0.25, 0.3) is 5.91 Å². The number of urea groups is 1. The summed E-state index contributed by atoms with van der Waals surface area (Å²) in [6, 6.07) is 5.18. The van der Waals surface area contributed by atoms with E-state index in [4.69, 9.17) is 0 Å². The Morgan fingerprint density at radius 2 is 1.95 bits per heavy atom. The van der Waals surface area contributed by atoms with Crippen LogP contribution in [-0.4, -0.2) is 51.8 Å². The lowest BCUT2D eigenvalue weighted by molar-refractivity contribution is -0.140. The Kier molecular flexibility index (Phi) is 8.21. The zero-order valence-electron chi connectivity index (χ0n) is 21.6. The van der Waals surface area contributed by atoms with Crippen LogP contribution < -0.4 is 21.4 Å². The molecule has 0 saturated carbocycles. The Labute approximate surface area is 229 Å². The van der Waals surface area contributed by atoms with Crippen molar-refractivity contribution in [3.8, 4) is 21.7 Å². The molecule has 0 unspecified atom stereocenters. The molecule has 3 heterocycles. The van der Waals surface area contributed by atoms with Crippen molar-refractivity contribution in [3.05, 3.63) is 63.5 Å². The average molecular weight is 575 g/mol. The number of rotatable bonds is 7. The van der Waals surface area contributed by atoms with Gasteiger partial charge in [-0.25, -0.2) is 14.8 Å². The van der Waals surface area contributed by atoms with Crippen molar-refractivity contribution >= 4 is 40.0 Å². The van der Waals surface area contributed by atoms with Crippen LogP contribution in [0.25, 0.3) is 32.6 Å². The molecule has 1 atom stereocenters. The quantitative estimate of drug-likeness (QED) is 0.260. The minimum atomic E-state index is -4.66. The molecule has 10 nitrogen and oxygen atoms in total. The van der Waals surface area contributed by atoms with E-state index in [-0.39, 0.29) is 33.9 Å². The summed E-state index contributed by atoms with van der Waals surface area (Å²) in [6.07, 6.45) is -1.91. The van der Waals surface area contributed by atoms with Gasteiger partial charge in [-0.15, -0.1) is 11.3 Å². The van der Waals surface area contributed by atoms with Crippen LogP contribution in [0.15, 0.2) is 46.8 Å². The van der Waals surface area contributed by atoms with Crippen molar-refractivity contribution in [2.75, 3.05) is 25.5 Å². The molecule has 0 radical (unpaired) electrons. The van der Waals surface area contributed by atoms with Crippen LogP contribution in [0.1, 0.15) is 35.9 Å². The number of nitrogens with one attached hydrogen (secondary N) is 3. The number of halogens is 3. The Morgan fingerprint density at radius 3 is 2.58 bits per heavy atom. The third kappa shape index (κ3) is 5.67. The van der Waals surface area contributed by atoms with E-state index in [2.05, 4.69) is 25.9 Å². The molecule has 4 N–H and O–H groups in total. The maximum atomic E-state index is 13.3. The minimum Gasteiger partial charge on any atom is -0.394 e. The minimum absolute atomic E-state index is 0.0224. The summed E-state index contributed by atoms with van der Waals surface area (Å²) in [5.74, 6) is -0.530. The van der Waals surface area contributed by atoms with E-state index >= 15 is 0 Å². The van der Waals surface area contributed by atoms with Gasteiger partial charge in [0.2, 0.25) is 5.43 Å². The predicted molar refractivity (Wildman–Crippen MR) is 145 cm³/mol. The topological polar surface area (TPSA) is 138 Å². The monoisotopic (exact) mass is 574 g/mol. The number of benzene rings is 1. The number of anilines is 1. The number of nitrogens with zero attached hydrogens (tertiary/aromatic N) is 3. The van der Waals surface area contributed by atoms with Crippen LogP contribution in [-0.2, 0) is 6.18 Å². The van der Waals surface area contributed by atoms with Gasteiger partial charge < -0.3 is 20.3 Å². The smallest absolute Gasteiger partial charge is 0.394 e. The number of carbonyl (C=O) groups is 2. The van der Waals surface area contributed by atoms with Gasteiger partial charge in [-0.1, -0.05) is 6.07 Å². The molecule has 40 heavy (non-hydrogen) atoms. The number of aliphatic hydroxyl groups is 1. The summed E-state index contributed by atoms with van der Waals surface area (Å²) >= 11 is 0.768. The fourth-order valence-corrected chi connectivity index (χ4v) is 4.91. The second kappa shape index (κ2) is 11.4. The Hall–Kier alpha value is -4.30. The number of hydrogen-bond acceptors (Lipinski definition) is 7. The van der Waals surface area contributed by atoms with Crippen LogP contribution in [0.4, 0.5) is 23.8 Å². The van der Waals surface area contributed by atoms with Crippen molar-refractivity contribution < 1.29 is 27.9 Å². The summed E-state index contributed by atoms with van der Waals surface area (Å²) < 4.78 is 41.6. The maximum Gasteiger partial charge on any atom is 0.434 e. The highest BCUT2D eigenvalue weighted by Crippen LogP contribution is 2.39. The molecule has 1 aromatic carbocycles. The third-order valence-corrected chi connectivity index (χ3v) is 6.94. The van der Waals surface area contributed by atoms with E-state index in [0.29, 0.717) is 23.2 Å². The highest BCUT2D eigenvalue weighted by molar-refractivity contribution is 7.13. The molecule has 4 rings (SSSR count). The van der Waals surface area contributed by atoms with E-state index in [1.807, 2.05) is 0 Å². The van der Waals surface area contributed by atoms with Crippen molar-refractivity contribution in [3.63, 3.8) is 0 Å². The average Bonchev–Trinajstić information content (AvgIpc) is 3.44. The van der Waals surface area contributed by atoms with Crippen molar-refractivity contribution in [2.45, 2.75) is 26.1 Å². The van der Waals surface area contributed by atoms with Gasteiger partial charge in [-0.3, -0.25) is 14.9 Å². The zero-order valence-corrected chi connectivity index (χ0v) is 22.4. The number of pyridine rings is 2. The molecule has 0 fully saturated rings. The Morgan fingerprint density at radius 1 is 1.20 bits per heavy atom. The fraction of sp³-hybridized carbons (Fsp3) is 0.269.